The van der Waals surface area contributed by atoms with Gasteiger partial charge in [-0.3, -0.25) is 19.8 Å². The van der Waals surface area contributed by atoms with E-state index in [-0.39, 0.29) is 49.4 Å². The Balaban J connectivity index is 0.902. The predicted octanol–water partition coefficient (Wildman–Crippen LogP) is 7.62. The van der Waals surface area contributed by atoms with E-state index >= 15 is 0 Å². The van der Waals surface area contributed by atoms with E-state index in [9.17, 15) is 32.1 Å². The molecule has 2 atom stereocenters. The minimum atomic E-state index is -4.71. The van der Waals surface area contributed by atoms with Gasteiger partial charge in [-0.05, 0) is 121 Å². The van der Waals surface area contributed by atoms with Crippen molar-refractivity contribution in [1.82, 2.24) is 29.7 Å². The number of carbonyl (C=O) groups excluding carboxylic acids is 1. The van der Waals surface area contributed by atoms with Gasteiger partial charge in [-0.2, -0.15) is 5.10 Å². The number of alkyl halides is 2. The van der Waals surface area contributed by atoms with E-state index in [4.69, 9.17) is 4.98 Å². The summed E-state index contributed by atoms with van der Waals surface area (Å²) < 4.78 is 58.7. The first kappa shape index (κ1) is 43.5. The average Bonchev–Trinajstić information content (AvgIpc) is 3.90. The molecule has 0 spiro atoms. The molecule has 65 heavy (non-hydrogen) atoms. The van der Waals surface area contributed by atoms with Gasteiger partial charge in [0.1, 0.15) is 16.2 Å². The van der Waals surface area contributed by atoms with Crippen molar-refractivity contribution in [3.63, 3.8) is 0 Å². The fraction of sp³-hybridized carbons (Fsp3) is 0.562. The summed E-state index contributed by atoms with van der Waals surface area (Å²) in [7, 11) is -4.71. The number of carbonyl (C=O) groups is 1. The van der Waals surface area contributed by atoms with E-state index in [2.05, 4.69) is 62.5 Å². The van der Waals surface area contributed by atoms with Gasteiger partial charge in [0, 0.05) is 70.4 Å². The van der Waals surface area contributed by atoms with Crippen LogP contribution in [-0.4, -0.2) is 90.6 Å². The van der Waals surface area contributed by atoms with Gasteiger partial charge in [0.05, 0.1) is 27.9 Å². The number of nitrogens with one attached hydrogen (secondary N) is 3. The molecule has 2 aromatic heterocycles. The lowest BCUT2D eigenvalue weighted by molar-refractivity contribution is -0.421. The highest BCUT2D eigenvalue weighted by molar-refractivity contribution is 7.94. The molecule has 1 saturated heterocycles. The number of amides is 1. The minimum Gasteiger partial charge on any atom is -0.372 e. The molecule has 3 N–H and O–H groups in total. The maximum Gasteiger partial charge on any atom is 0.303 e. The van der Waals surface area contributed by atoms with Crippen LogP contribution in [0, 0.1) is 38.7 Å². The fourth-order valence-electron chi connectivity index (χ4n) is 12.2. The van der Waals surface area contributed by atoms with Gasteiger partial charge >= 0.3 is 5.70 Å². The third-order valence-corrected chi connectivity index (χ3v) is 16.9. The molecule has 17 heteroatoms. The second-order valence-corrected chi connectivity index (χ2v) is 21.9. The number of hydrogen-bond donors (Lipinski definition) is 3. The average molecular weight is 910 g/mol. The van der Waals surface area contributed by atoms with Gasteiger partial charge < -0.3 is 15.5 Å². The van der Waals surface area contributed by atoms with E-state index in [1.54, 1.807) is 28.1 Å². The van der Waals surface area contributed by atoms with Crippen LogP contribution >= 0.6 is 0 Å². The van der Waals surface area contributed by atoms with Gasteiger partial charge in [-0.25, -0.2) is 31.6 Å². The zero-order chi connectivity index (χ0) is 45.5. The van der Waals surface area contributed by atoms with Gasteiger partial charge in [0.15, 0.2) is 5.70 Å². The molecule has 8 aliphatic rings. The summed E-state index contributed by atoms with van der Waals surface area (Å²) in [5, 5.41) is 23.0. The van der Waals surface area contributed by atoms with Crippen LogP contribution in [0.3, 0.4) is 0 Å². The Labute approximate surface area is 378 Å². The molecule has 11 rings (SSSR count). The molecule has 4 saturated carbocycles. The number of aromatic nitrogens is 3. The SMILES string of the molecule is CCC1CC(CN2CCN(c3ccc(C(=O)NS(=O)(=O)C4=C=C=C(NCC5CCC(F)(F)CC5)C([N+](=O)[O-])=C4)c(-n4ncc5nc6c(cc54)CCN6)c3)CC2)=C(C23CC(C)(C2)C3)CC1C. The number of benzene rings is 1. The Morgan fingerprint density at radius 1 is 1.08 bits per heavy atom. The molecule has 1 aromatic carbocycles. The molecule has 2 bridgehead atoms. The number of fused-ring (bicyclic) bond motifs is 2. The van der Waals surface area contributed by atoms with Gasteiger partial charge in [0.25, 0.3) is 15.9 Å². The van der Waals surface area contributed by atoms with E-state index < -0.39 is 37.4 Å². The summed E-state index contributed by atoms with van der Waals surface area (Å²) in [6, 6.07) is 7.28. The first-order valence-electron chi connectivity index (χ1n) is 23.3. The van der Waals surface area contributed by atoms with E-state index in [0.29, 0.717) is 27.6 Å². The van der Waals surface area contributed by atoms with Gasteiger partial charge in [0.2, 0.25) is 5.92 Å². The molecule has 2 unspecified atom stereocenters. The molecule has 2 aliphatic heterocycles. The standard InChI is InChI=1S/C48H57F2N9O5S/c1-4-32-20-34(38(19-30(32)2)47-27-46(3,28-47)29-47)26-56-15-17-57(18-16-56)35-5-7-37(41(22-35)58-42-21-33-11-14-51-44(33)54-40(42)25-53-58)45(60)55-65(63,64)36-6-8-39(43(23-36)59(61)62)52-24-31-9-12-48(49,50)13-10-31/h5,7,21-23,25,30-32,52H,4,9-20,24,26-29H2,1-3H3,(H,51,54)(H,55,60). The van der Waals surface area contributed by atoms with Crippen LogP contribution < -0.4 is 20.3 Å². The molecular formula is C48H57F2N9O5S. The zero-order valence-corrected chi connectivity index (χ0v) is 38.1. The Bertz CT molecular complexity index is 2750. The Kier molecular flexibility index (Phi) is 10.9. The predicted molar refractivity (Wildman–Crippen MR) is 244 cm³/mol. The highest BCUT2D eigenvalue weighted by Crippen LogP contribution is 2.77. The maximum atomic E-state index is 14.2. The summed E-state index contributed by atoms with van der Waals surface area (Å²) in [5.41, 5.74) is 12.3. The number of piperazine rings is 1. The summed E-state index contributed by atoms with van der Waals surface area (Å²) in [5.74, 6) is -1.58. The van der Waals surface area contributed by atoms with Crippen molar-refractivity contribution in [3.05, 3.63) is 96.7 Å². The summed E-state index contributed by atoms with van der Waals surface area (Å²) in [4.78, 5) is 34.6. The third kappa shape index (κ3) is 8.19. The van der Waals surface area contributed by atoms with E-state index in [0.717, 1.165) is 80.7 Å². The summed E-state index contributed by atoms with van der Waals surface area (Å²) in [6.45, 7) is 12.5. The van der Waals surface area contributed by atoms with Crippen LogP contribution in [0.25, 0.3) is 16.7 Å². The zero-order valence-electron chi connectivity index (χ0n) is 37.3. The monoisotopic (exact) mass is 909 g/mol. The Hall–Kier alpha value is -5.34. The molecular weight excluding hydrogens is 853 g/mol. The second-order valence-electron chi connectivity index (χ2n) is 20.2. The van der Waals surface area contributed by atoms with Crippen LogP contribution in [0.1, 0.15) is 101 Å². The lowest BCUT2D eigenvalue weighted by atomic mass is 9.33. The maximum absolute atomic E-state index is 14.2. The van der Waals surface area contributed by atoms with Gasteiger partial charge in [-0.15, -0.1) is 0 Å². The van der Waals surface area contributed by atoms with Crippen LogP contribution in [0.15, 0.2) is 75.4 Å². The largest absolute Gasteiger partial charge is 0.372 e. The number of pyridine rings is 1. The first-order chi connectivity index (χ1) is 31.0. The topological polar surface area (TPSA) is 168 Å². The summed E-state index contributed by atoms with van der Waals surface area (Å²) >= 11 is 0. The van der Waals surface area contributed by atoms with Crippen LogP contribution in [0.4, 0.5) is 20.3 Å². The second kappa shape index (κ2) is 16.2. The molecule has 344 valence electrons. The minimum absolute atomic E-state index is 0.0216. The number of allylic oxidation sites excluding steroid dienone is 2. The number of nitrogens with zero attached hydrogens (tertiary/aromatic N) is 6. The normalized spacial score (nSPS) is 27.5. The Morgan fingerprint density at radius 2 is 1.83 bits per heavy atom. The molecule has 4 heterocycles. The quantitative estimate of drug-likeness (QED) is 0.0668. The molecule has 3 aromatic rings. The molecule has 6 aliphatic carbocycles. The van der Waals surface area contributed by atoms with Crippen molar-refractivity contribution in [2.24, 2.45) is 28.6 Å². The lowest BCUT2D eigenvalue weighted by Crippen LogP contribution is -2.61. The van der Waals surface area contributed by atoms with Crippen molar-refractivity contribution >= 4 is 38.5 Å². The highest BCUT2D eigenvalue weighted by atomic mass is 32.2. The van der Waals surface area contributed by atoms with Crippen LogP contribution in [-0.2, 0) is 16.4 Å². The van der Waals surface area contributed by atoms with Crippen LogP contribution in [0.5, 0.6) is 0 Å². The smallest absolute Gasteiger partial charge is 0.303 e. The fourth-order valence-corrected chi connectivity index (χ4v) is 13.1. The van der Waals surface area contributed by atoms with Crippen molar-refractivity contribution in [3.8, 4) is 5.69 Å². The summed E-state index contributed by atoms with van der Waals surface area (Å²) in [6.07, 6.45) is 10.9. The number of anilines is 2. The number of rotatable bonds is 13. The first-order valence-corrected chi connectivity index (χ1v) is 24.8. The van der Waals surface area contributed by atoms with Crippen molar-refractivity contribution in [2.45, 2.75) is 97.3 Å². The molecule has 14 nitrogen and oxygen atoms in total. The number of halogens is 2. The van der Waals surface area contributed by atoms with E-state index in [1.165, 1.54) is 38.5 Å². The van der Waals surface area contributed by atoms with Crippen molar-refractivity contribution in [2.75, 3.05) is 56.0 Å². The lowest BCUT2D eigenvalue weighted by Gasteiger charge is -2.72. The number of nitro groups is 1. The van der Waals surface area contributed by atoms with Gasteiger partial charge in [-0.1, -0.05) is 38.3 Å². The van der Waals surface area contributed by atoms with Crippen LogP contribution in [0.2, 0.25) is 0 Å². The molecule has 1 amide bonds. The van der Waals surface area contributed by atoms with Crippen molar-refractivity contribution < 1.29 is 26.9 Å². The van der Waals surface area contributed by atoms with E-state index in [1.807, 2.05) is 18.2 Å². The third-order valence-electron chi connectivity index (χ3n) is 15.6. The highest BCUT2D eigenvalue weighted by Gasteiger charge is 2.66. The molecule has 0 radical (unpaired) electrons. The molecule has 5 fully saturated rings. The number of sulfonamides is 1. The van der Waals surface area contributed by atoms with Crippen molar-refractivity contribution in [1.29, 1.82) is 0 Å². The number of hydrogen-bond acceptors (Lipinski definition) is 11. The Morgan fingerprint density at radius 3 is 2.54 bits per heavy atom.